The second kappa shape index (κ2) is 11.8. The van der Waals surface area contributed by atoms with Crippen LogP contribution < -0.4 is 20.1 Å². The lowest BCUT2D eigenvalue weighted by Gasteiger charge is -2.17. The summed E-state index contributed by atoms with van der Waals surface area (Å²) < 4.78 is 16.5. The highest BCUT2D eigenvalue weighted by Crippen LogP contribution is 2.27. The highest BCUT2D eigenvalue weighted by Gasteiger charge is 2.13. The first kappa shape index (κ1) is 24.8. The molecule has 0 bridgehead atoms. The normalized spacial score (nSPS) is 12.2. The van der Waals surface area contributed by atoms with E-state index < -0.39 is 6.10 Å². The first-order valence-electron chi connectivity index (χ1n) is 9.96. The summed E-state index contributed by atoms with van der Waals surface area (Å²) >= 11 is 0. The number of aliphatic imine (C=N–C) groups is 1. The Kier molecular flexibility index (Phi) is 9.44. The predicted molar refractivity (Wildman–Crippen MR) is 134 cm³/mol. The number of hydrogen-bond acceptors (Lipinski definition) is 5. The number of aliphatic hydroxyl groups is 1. The number of furan rings is 1. The zero-order valence-electron chi connectivity index (χ0n) is 18.3. The van der Waals surface area contributed by atoms with Crippen LogP contribution in [0, 0.1) is 6.92 Å². The smallest absolute Gasteiger partial charge is 0.191 e. The SMILES string of the molecule is CCNC(=NCc1oc2ccccc2c1C)NCC(O)c1cc(OC)cc(OC)c1.I. The molecule has 3 rings (SSSR count). The highest BCUT2D eigenvalue weighted by atomic mass is 127. The van der Waals surface area contributed by atoms with Crippen LogP contribution in [0.5, 0.6) is 11.5 Å². The van der Waals surface area contributed by atoms with E-state index in [0.29, 0.717) is 36.1 Å². The number of nitrogens with zero attached hydrogens (tertiary/aromatic N) is 1. The summed E-state index contributed by atoms with van der Waals surface area (Å²) in [5.41, 5.74) is 2.65. The molecular weight excluding hydrogens is 509 g/mol. The molecule has 0 fully saturated rings. The first-order chi connectivity index (χ1) is 14.5. The number of guanidine groups is 1. The Balaban J connectivity index is 0.00000341. The van der Waals surface area contributed by atoms with Crippen molar-refractivity contribution in [1.29, 1.82) is 0 Å². The summed E-state index contributed by atoms with van der Waals surface area (Å²) in [6.45, 7) is 5.41. The Morgan fingerprint density at radius 3 is 2.39 bits per heavy atom. The molecule has 1 unspecified atom stereocenters. The second-order valence-electron chi connectivity index (χ2n) is 6.88. The third kappa shape index (κ3) is 6.27. The Labute approximate surface area is 199 Å². The number of methoxy groups -OCH3 is 2. The molecule has 0 aliphatic rings. The number of aryl methyl sites for hydroxylation is 1. The van der Waals surface area contributed by atoms with E-state index in [1.807, 2.05) is 38.1 Å². The molecule has 0 spiro atoms. The molecule has 7 nitrogen and oxygen atoms in total. The van der Waals surface area contributed by atoms with Crippen molar-refractivity contribution in [1.82, 2.24) is 10.6 Å². The topological polar surface area (TPSA) is 88.3 Å². The van der Waals surface area contributed by atoms with Crippen molar-refractivity contribution in [3.8, 4) is 11.5 Å². The van der Waals surface area contributed by atoms with Gasteiger partial charge >= 0.3 is 0 Å². The number of benzene rings is 2. The van der Waals surface area contributed by atoms with Gasteiger partial charge in [0.05, 0.1) is 20.3 Å². The number of halogens is 1. The van der Waals surface area contributed by atoms with E-state index in [1.165, 1.54) is 0 Å². The van der Waals surface area contributed by atoms with E-state index in [4.69, 9.17) is 13.9 Å². The van der Waals surface area contributed by atoms with Crippen LogP contribution in [-0.2, 0) is 6.54 Å². The molecule has 0 aliphatic carbocycles. The van der Waals surface area contributed by atoms with Crippen molar-refractivity contribution in [2.24, 2.45) is 4.99 Å². The van der Waals surface area contributed by atoms with Gasteiger partial charge in [-0.15, -0.1) is 24.0 Å². The van der Waals surface area contributed by atoms with Crippen molar-refractivity contribution >= 4 is 40.9 Å². The van der Waals surface area contributed by atoms with Crippen LogP contribution in [0.25, 0.3) is 11.0 Å². The van der Waals surface area contributed by atoms with E-state index in [1.54, 1.807) is 32.4 Å². The lowest BCUT2D eigenvalue weighted by atomic mass is 10.1. The summed E-state index contributed by atoms with van der Waals surface area (Å²) in [7, 11) is 3.17. The fourth-order valence-electron chi connectivity index (χ4n) is 3.20. The van der Waals surface area contributed by atoms with Crippen molar-refractivity contribution < 1.29 is 19.0 Å². The molecule has 0 saturated heterocycles. The van der Waals surface area contributed by atoms with E-state index in [9.17, 15) is 5.11 Å². The quantitative estimate of drug-likeness (QED) is 0.226. The minimum atomic E-state index is -0.759. The molecular formula is C23H30IN3O4. The molecule has 8 heteroatoms. The van der Waals surface area contributed by atoms with Crippen molar-refractivity contribution in [3.05, 3.63) is 59.4 Å². The minimum Gasteiger partial charge on any atom is -0.497 e. The first-order valence-corrected chi connectivity index (χ1v) is 9.96. The molecule has 0 saturated carbocycles. The highest BCUT2D eigenvalue weighted by molar-refractivity contribution is 14.0. The fourth-order valence-corrected chi connectivity index (χ4v) is 3.20. The number of aliphatic hydroxyl groups excluding tert-OH is 1. The molecule has 168 valence electrons. The molecule has 2 aromatic carbocycles. The van der Waals surface area contributed by atoms with E-state index in [2.05, 4.69) is 15.6 Å². The number of rotatable bonds is 8. The monoisotopic (exact) mass is 539 g/mol. The van der Waals surface area contributed by atoms with Gasteiger partial charge in [0.15, 0.2) is 5.96 Å². The largest absolute Gasteiger partial charge is 0.497 e. The molecule has 1 heterocycles. The van der Waals surface area contributed by atoms with Crippen LogP contribution in [0.15, 0.2) is 51.9 Å². The third-order valence-corrected chi connectivity index (χ3v) is 4.89. The number of hydrogen-bond donors (Lipinski definition) is 3. The third-order valence-electron chi connectivity index (χ3n) is 4.89. The van der Waals surface area contributed by atoms with Crippen LogP contribution in [0.4, 0.5) is 0 Å². The Bertz CT molecular complexity index is 997. The van der Waals surface area contributed by atoms with Crippen molar-refractivity contribution in [3.63, 3.8) is 0 Å². The maximum atomic E-state index is 10.6. The molecule has 3 N–H and O–H groups in total. The zero-order valence-corrected chi connectivity index (χ0v) is 20.6. The number of fused-ring (bicyclic) bond motifs is 1. The van der Waals surface area contributed by atoms with E-state index >= 15 is 0 Å². The molecule has 1 atom stereocenters. The summed E-state index contributed by atoms with van der Waals surface area (Å²) in [6, 6.07) is 13.3. The van der Waals surface area contributed by atoms with Gasteiger partial charge in [0.2, 0.25) is 0 Å². The van der Waals surface area contributed by atoms with Crippen LogP contribution in [-0.4, -0.2) is 38.4 Å². The summed E-state index contributed by atoms with van der Waals surface area (Å²) in [5, 5.41) is 18.1. The minimum absolute atomic E-state index is 0. The maximum absolute atomic E-state index is 10.6. The van der Waals surface area contributed by atoms with Gasteiger partial charge in [-0.25, -0.2) is 4.99 Å². The van der Waals surface area contributed by atoms with Gasteiger partial charge in [-0.2, -0.15) is 0 Å². The average molecular weight is 539 g/mol. The van der Waals surface area contributed by atoms with Gasteiger partial charge in [0.1, 0.15) is 29.4 Å². The van der Waals surface area contributed by atoms with Gasteiger partial charge in [-0.1, -0.05) is 18.2 Å². The summed E-state index contributed by atoms with van der Waals surface area (Å²) in [5.74, 6) is 2.69. The molecule has 0 radical (unpaired) electrons. The predicted octanol–water partition coefficient (Wildman–Crippen LogP) is 4.17. The number of para-hydroxylation sites is 1. The standard InChI is InChI=1S/C23H29N3O4.HI/c1-5-24-23(26-14-22-15(2)19-8-6-7-9-21(19)30-22)25-13-20(27)16-10-17(28-3)12-18(11-16)29-4;/h6-12,20,27H,5,13-14H2,1-4H3,(H2,24,25,26);1H. The van der Waals surface area contributed by atoms with Gasteiger partial charge in [-0.05, 0) is 37.6 Å². The van der Waals surface area contributed by atoms with Crippen molar-refractivity contribution in [2.45, 2.75) is 26.5 Å². The number of nitrogens with one attached hydrogen (secondary N) is 2. The Hall–Kier alpha value is -2.46. The fraction of sp³-hybridized carbons (Fsp3) is 0.348. The van der Waals surface area contributed by atoms with E-state index in [-0.39, 0.29) is 30.5 Å². The van der Waals surface area contributed by atoms with Crippen LogP contribution in [0.2, 0.25) is 0 Å². The lowest BCUT2D eigenvalue weighted by molar-refractivity contribution is 0.180. The zero-order chi connectivity index (χ0) is 21.5. The van der Waals surface area contributed by atoms with Gasteiger partial charge in [0.25, 0.3) is 0 Å². The van der Waals surface area contributed by atoms with Gasteiger partial charge < -0.3 is 29.6 Å². The molecule has 31 heavy (non-hydrogen) atoms. The Morgan fingerprint density at radius 2 is 1.77 bits per heavy atom. The van der Waals surface area contributed by atoms with Crippen molar-refractivity contribution in [2.75, 3.05) is 27.3 Å². The van der Waals surface area contributed by atoms with E-state index in [0.717, 1.165) is 22.3 Å². The Morgan fingerprint density at radius 1 is 1.10 bits per heavy atom. The van der Waals surface area contributed by atoms with Crippen LogP contribution >= 0.6 is 24.0 Å². The lowest BCUT2D eigenvalue weighted by Crippen LogP contribution is -2.39. The van der Waals surface area contributed by atoms with Crippen LogP contribution in [0.1, 0.15) is 29.9 Å². The molecule has 0 aliphatic heterocycles. The summed E-state index contributed by atoms with van der Waals surface area (Å²) in [6.07, 6.45) is -0.759. The van der Waals surface area contributed by atoms with Gasteiger partial charge in [-0.3, -0.25) is 0 Å². The maximum Gasteiger partial charge on any atom is 0.191 e. The molecule has 1 aromatic heterocycles. The second-order valence-corrected chi connectivity index (χ2v) is 6.88. The average Bonchev–Trinajstić information content (AvgIpc) is 3.10. The summed E-state index contributed by atoms with van der Waals surface area (Å²) in [4.78, 5) is 4.61. The molecule has 3 aromatic rings. The van der Waals surface area contributed by atoms with Crippen LogP contribution in [0.3, 0.4) is 0 Å². The molecule has 0 amide bonds. The number of ether oxygens (including phenoxy) is 2. The van der Waals surface area contributed by atoms with Gasteiger partial charge in [0, 0.05) is 30.1 Å².